The molecule has 0 fully saturated rings. The number of aliphatic hydroxyl groups is 2. The topological polar surface area (TPSA) is 58.3 Å². The Morgan fingerprint density at radius 2 is 1.90 bits per heavy atom. The summed E-state index contributed by atoms with van der Waals surface area (Å²) < 4.78 is 1.86. The van der Waals surface area contributed by atoms with Crippen molar-refractivity contribution >= 4 is 22.5 Å². The molecule has 0 amide bonds. The maximum atomic E-state index is 10.3. The van der Waals surface area contributed by atoms with Gasteiger partial charge in [0.25, 0.3) is 0 Å². The van der Waals surface area contributed by atoms with E-state index in [-0.39, 0.29) is 6.61 Å². The Balaban J connectivity index is 2.20. The maximum absolute atomic E-state index is 10.3. The molecule has 4 nitrogen and oxygen atoms in total. The third kappa shape index (κ3) is 2.53. The zero-order chi connectivity index (χ0) is 14.8. The minimum atomic E-state index is -0.931. The van der Waals surface area contributed by atoms with E-state index in [2.05, 4.69) is 4.98 Å². The predicted octanol–water partition coefficient (Wildman–Crippen LogP) is 2.63. The fraction of sp³-hybridized carbons (Fsp3) is 0.188. The first-order chi connectivity index (χ1) is 10.2. The highest BCUT2D eigenvalue weighted by molar-refractivity contribution is 6.33. The van der Waals surface area contributed by atoms with Crippen LogP contribution in [0.1, 0.15) is 11.6 Å². The van der Waals surface area contributed by atoms with Gasteiger partial charge in [-0.15, -0.1) is 0 Å². The molecule has 0 aliphatic carbocycles. The summed E-state index contributed by atoms with van der Waals surface area (Å²) in [5, 5.41) is 21.0. The van der Waals surface area contributed by atoms with Crippen LogP contribution in [0.5, 0.6) is 0 Å². The van der Waals surface area contributed by atoms with Crippen LogP contribution in [0, 0.1) is 0 Å². The molecule has 0 unspecified atom stereocenters. The Labute approximate surface area is 127 Å². The van der Waals surface area contributed by atoms with Crippen LogP contribution in [0.3, 0.4) is 0 Å². The number of fused-ring (bicyclic) bond motifs is 1. The van der Waals surface area contributed by atoms with Crippen LogP contribution in [0.15, 0.2) is 54.9 Å². The highest BCUT2D eigenvalue weighted by atomic mass is 35.5. The molecule has 0 radical (unpaired) electrons. The van der Waals surface area contributed by atoms with Gasteiger partial charge in [-0.2, -0.15) is 0 Å². The van der Waals surface area contributed by atoms with Crippen LogP contribution in [0.4, 0.5) is 0 Å². The molecule has 3 aromatic rings. The smallest absolute Gasteiger partial charge is 0.153 e. The zero-order valence-electron chi connectivity index (χ0n) is 11.2. The van der Waals surface area contributed by atoms with E-state index in [0.717, 1.165) is 16.5 Å². The number of pyridine rings is 1. The third-order valence-corrected chi connectivity index (χ3v) is 3.85. The lowest BCUT2D eigenvalue weighted by molar-refractivity contribution is 0.0653. The van der Waals surface area contributed by atoms with Crippen molar-refractivity contribution in [2.45, 2.75) is 12.1 Å². The average molecular weight is 303 g/mol. The summed E-state index contributed by atoms with van der Waals surface area (Å²) >= 11 is 6.21. The minimum Gasteiger partial charge on any atom is -0.394 e. The van der Waals surface area contributed by atoms with Crippen molar-refractivity contribution in [3.05, 3.63) is 65.6 Å². The molecule has 0 saturated heterocycles. The molecular weight excluding hydrogens is 288 g/mol. The first kappa shape index (κ1) is 14.1. The van der Waals surface area contributed by atoms with Gasteiger partial charge < -0.3 is 14.8 Å². The van der Waals surface area contributed by atoms with Crippen LogP contribution in [0.2, 0.25) is 5.15 Å². The molecule has 108 valence electrons. The van der Waals surface area contributed by atoms with Gasteiger partial charge in [0.15, 0.2) is 5.15 Å². The van der Waals surface area contributed by atoms with E-state index in [4.69, 9.17) is 11.6 Å². The van der Waals surface area contributed by atoms with E-state index in [1.165, 1.54) is 0 Å². The molecule has 21 heavy (non-hydrogen) atoms. The Bertz CT molecular complexity index is 742. The van der Waals surface area contributed by atoms with E-state index >= 15 is 0 Å². The quantitative estimate of drug-likeness (QED) is 0.728. The van der Waals surface area contributed by atoms with Crippen molar-refractivity contribution in [1.82, 2.24) is 9.55 Å². The van der Waals surface area contributed by atoms with Crippen molar-refractivity contribution in [3.63, 3.8) is 0 Å². The van der Waals surface area contributed by atoms with Crippen molar-refractivity contribution < 1.29 is 10.2 Å². The molecular formula is C16H15ClN2O2. The molecule has 2 N–H and O–H groups in total. The first-order valence-electron chi connectivity index (χ1n) is 6.67. The highest BCUT2D eigenvalue weighted by Crippen LogP contribution is 2.30. The fourth-order valence-corrected chi connectivity index (χ4v) is 2.88. The number of benzene rings is 1. The lowest BCUT2D eigenvalue weighted by atomic mass is 10.0. The van der Waals surface area contributed by atoms with Crippen LogP contribution in [-0.4, -0.2) is 32.5 Å². The van der Waals surface area contributed by atoms with Gasteiger partial charge in [-0.25, -0.2) is 4.98 Å². The minimum absolute atomic E-state index is 0.336. The van der Waals surface area contributed by atoms with Crippen molar-refractivity contribution in [2.75, 3.05) is 6.61 Å². The molecule has 0 saturated carbocycles. The largest absolute Gasteiger partial charge is 0.394 e. The molecule has 2 atom stereocenters. The molecule has 0 aliphatic heterocycles. The molecule has 2 heterocycles. The van der Waals surface area contributed by atoms with E-state index in [1.54, 1.807) is 6.20 Å². The molecule has 1 aromatic carbocycles. The number of rotatable bonds is 4. The Morgan fingerprint density at radius 3 is 2.62 bits per heavy atom. The van der Waals surface area contributed by atoms with Gasteiger partial charge in [-0.05, 0) is 17.7 Å². The van der Waals surface area contributed by atoms with Crippen LogP contribution < -0.4 is 0 Å². The second kappa shape index (κ2) is 5.85. The molecule has 0 aliphatic rings. The number of aromatic nitrogens is 2. The first-order valence-corrected chi connectivity index (χ1v) is 7.05. The van der Waals surface area contributed by atoms with Gasteiger partial charge >= 0.3 is 0 Å². The summed E-state index contributed by atoms with van der Waals surface area (Å²) in [7, 11) is 0. The number of hydrogen-bond acceptors (Lipinski definition) is 3. The molecule has 0 bridgehead atoms. The summed E-state index contributed by atoms with van der Waals surface area (Å²) in [5.41, 5.74) is 1.65. The second-order valence-electron chi connectivity index (χ2n) is 4.87. The van der Waals surface area contributed by atoms with Gasteiger partial charge in [0, 0.05) is 17.8 Å². The SMILES string of the molecule is OC[C@@H](O)[C@H](c1ccccc1)n1ccc2ccnc(Cl)c21. The van der Waals surface area contributed by atoms with E-state index in [9.17, 15) is 10.2 Å². The Kier molecular flexibility index (Phi) is 3.92. The van der Waals surface area contributed by atoms with E-state index in [0.29, 0.717) is 5.15 Å². The van der Waals surface area contributed by atoms with Crippen LogP contribution in [0.25, 0.3) is 10.9 Å². The van der Waals surface area contributed by atoms with Crippen LogP contribution in [-0.2, 0) is 0 Å². The lowest BCUT2D eigenvalue weighted by Gasteiger charge is -2.25. The maximum Gasteiger partial charge on any atom is 0.153 e. The van der Waals surface area contributed by atoms with E-state index < -0.39 is 12.1 Å². The summed E-state index contributed by atoms with van der Waals surface area (Å²) in [4.78, 5) is 4.10. The van der Waals surface area contributed by atoms with Gasteiger partial charge in [-0.3, -0.25) is 0 Å². The standard InChI is InChI=1S/C16H15ClN2O2/c17-16-15-12(6-8-18-16)7-9-19(15)14(13(21)10-20)11-4-2-1-3-5-11/h1-9,13-14,20-21H,10H2/t13-,14+/m1/s1. The normalized spacial score (nSPS) is 14.2. The number of nitrogens with zero attached hydrogens (tertiary/aromatic N) is 2. The van der Waals surface area contributed by atoms with E-state index in [1.807, 2.05) is 53.2 Å². The van der Waals surface area contributed by atoms with Gasteiger partial charge in [0.2, 0.25) is 0 Å². The zero-order valence-corrected chi connectivity index (χ0v) is 12.0. The van der Waals surface area contributed by atoms with Gasteiger partial charge in [0.1, 0.15) is 6.10 Å². The van der Waals surface area contributed by atoms with Crippen LogP contribution >= 0.6 is 11.6 Å². The number of hydrogen-bond donors (Lipinski definition) is 2. The average Bonchev–Trinajstić information content (AvgIpc) is 2.94. The fourth-order valence-electron chi connectivity index (χ4n) is 2.62. The predicted molar refractivity (Wildman–Crippen MR) is 82.4 cm³/mol. The Morgan fingerprint density at radius 1 is 1.14 bits per heavy atom. The summed E-state index contributed by atoms with van der Waals surface area (Å²) in [6.07, 6.45) is 2.57. The molecule has 0 spiro atoms. The summed E-state index contributed by atoms with van der Waals surface area (Å²) in [6, 6.07) is 12.9. The molecule has 2 aromatic heterocycles. The third-order valence-electron chi connectivity index (χ3n) is 3.58. The lowest BCUT2D eigenvalue weighted by Crippen LogP contribution is -2.28. The highest BCUT2D eigenvalue weighted by Gasteiger charge is 2.24. The number of halogens is 1. The monoisotopic (exact) mass is 302 g/mol. The number of aliphatic hydroxyl groups excluding tert-OH is 2. The van der Waals surface area contributed by atoms with Crippen molar-refractivity contribution in [3.8, 4) is 0 Å². The summed E-state index contributed by atoms with van der Waals surface area (Å²) in [5.74, 6) is 0. The van der Waals surface area contributed by atoms with Gasteiger partial charge in [-0.1, -0.05) is 41.9 Å². The summed E-state index contributed by atoms with van der Waals surface area (Å²) in [6.45, 7) is -0.336. The van der Waals surface area contributed by atoms with Gasteiger partial charge in [0.05, 0.1) is 18.2 Å². The van der Waals surface area contributed by atoms with Crippen molar-refractivity contribution in [1.29, 1.82) is 0 Å². The van der Waals surface area contributed by atoms with Crippen molar-refractivity contribution in [2.24, 2.45) is 0 Å². The molecule has 3 rings (SSSR count). The molecule has 5 heteroatoms. The second-order valence-corrected chi connectivity index (χ2v) is 5.23. The Hall–Kier alpha value is -1.88.